The van der Waals surface area contributed by atoms with Crippen molar-refractivity contribution in [2.75, 3.05) is 38.5 Å². The van der Waals surface area contributed by atoms with Crippen molar-refractivity contribution >= 4 is 15.9 Å². The SMILES string of the molecule is CCCS(=O)(=O)N1CCN(C2(CNC(=O)c3ccccc3)CCCCC2C)CC1. The first-order chi connectivity index (χ1) is 13.9. The zero-order valence-electron chi connectivity index (χ0n) is 17.8. The second kappa shape index (κ2) is 9.58. The highest BCUT2D eigenvalue weighted by Gasteiger charge is 2.45. The number of piperazine rings is 1. The van der Waals surface area contributed by atoms with E-state index in [4.69, 9.17) is 0 Å². The van der Waals surface area contributed by atoms with Crippen LogP contribution in [-0.4, -0.2) is 67.5 Å². The van der Waals surface area contributed by atoms with E-state index in [1.165, 1.54) is 6.42 Å². The number of nitrogens with one attached hydrogen (secondary N) is 1. The second-order valence-electron chi connectivity index (χ2n) is 8.50. The van der Waals surface area contributed by atoms with E-state index in [-0.39, 0.29) is 17.2 Å². The number of nitrogens with zero attached hydrogens (tertiary/aromatic N) is 2. The molecule has 1 aliphatic heterocycles. The zero-order valence-corrected chi connectivity index (χ0v) is 18.6. The topological polar surface area (TPSA) is 69.7 Å². The van der Waals surface area contributed by atoms with Crippen LogP contribution in [0.15, 0.2) is 30.3 Å². The molecule has 1 saturated heterocycles. The smallest absolute Gasteiger partial charge is 0.251 e. The Balaban J connectivity index is 1.70. The Morgan fingerprint density at radius 3 is 2.45 bits per heavy atom. The molecule has 1 aliphatic carbocycles. The van der Waals surface area contributed by atoms with Crippen LogP contribution in [0.1, 0.15) is 56.3 Å². The summed E-state index contributed by atoms with van der Waals surface area (Å²) in [5, 5.41) is 3.19. The van der Waals surface area contributed by atoms with Gasteiger partial charge in [-0.15, -0.1) is 0 Å². The van der Waals surface area contributed by atoms with Crippen molar-refractivity contribution in [1.29, 1.82) is 0 Å². The molecule has 1 heterocycles. The summed E-state index contributed by atoms with van der Waals surface area (Å²) in [5.74, 6) is 0.653. The number of rotatable bonds is 7. The van der Waals surface area contributed by atoms with E-state index >= 15 is 0 Å². The molecule has 1 saturated carbocycles. The van der Waals surface area contributed by atoms with Crippen molar-refractivity contribution in [3.05, 3.63) is 35.9 Å². The monoisotopic (exact) mass is 421 g/mol. The Morgan fingerprint density at radius 2 is 1.83 bits per heavy atom. The standard InChI is InChI=1S/C22H35N3O3S/c1-3-17-29(27,28)25-15-13-24(14-16-25)22(12-8-7-9-19(22)2)18-23-21(26)20-10-5-4-6-11-20/h4-6,10-11,19H,3,7-9,12-18H2,1-2H3,(H,23,26). The first-order valence-electron chi connectivity index (χ1n) is 10.9. The molecule has 1 N–H and O–H groups in total. The Kier molecular flexibility index (Phi) is 7.35. The average molecular weight is 422 g/mol. The lowest BCUT2D eigenvalue weighted by Crippen LogP contribution is -2.65. The molecule has 1 aromatic rings. The van der Waals surface area contributed by atoms with Crippen molar-refractivity contribution in [1.82, 2.24) is 14.5 Å². The lowest BCUT2D eigenvalue weighted by atomic mass is 9.72. The molecule has 2 aliphatic rings. The minimum Gasteiger partial charge on any atom is -0.350 e. The third-order valence-electron chi connectivity index (χ3n) is 6.73. The second-order valence-corrected chi connectivity index (χ2v) is 10.6. The van der Waals surface area contributed by atoms with Gasteiger partial charge in [-0.2, -0.15) is 4.31 Å². The summed E-state index contributed by atoms with van der Waals surface area (Å²) in [4.78, 5) is 15.1. The lowest BCUT2D eigenvalue weighted by molar-refractivity contribution is -0.0116. The molecule has 29 heavy (non-hydrogen) atoms. The fourth-order valence-corrected chi connectivity index (χ4v) is 6.46. The van der Waals surface area contributed by atoms with Crippen LogP contribution in [0.25, 0.3) is 0 Å². The molecule has 1 aromatic carbocycles. The maximum absolute atomic E-state index is 12.7. The van der Waals surface area contributed by atoms with E-state index in [0.717, 1.165) is 32.4 Å². The molecule has 1 amide bonds. The van der Waals surface area contributed by atoms with Gasteiger partial charge in [-0.1, -0.05) is 44.9 Å². The van der Waals surface area contributed by atoms with Crippen LogP contribution in [0.5, 0.6) is 0 Å². The molecule has 3 rings (SSSR count). The van der Waals surface area contributed by atoms with Gasteiger partial charge in [-0.3, -0.25) is 9.69 Å². The molecule has 7 heteroatoms. The molecular weight excluding hydrogens is 386 g/mol. The van der Waals surface area contributed by atoms with Crippen molar-refractivity contribution in [3.63, 3.8) is 0 Å². The lowest BCUT2D eigenvalue weighted by Gasteiger charge is -2.53. The Bertz CT molecular complexity index is 776. The third kappa shape index (κ3) is 5.01. The number of benzene rings is 1. The van der Waals surface area contributed by atoms with E-state index < -0.39 is 10.0 Å². The Morgan fingerprint density at radius 1 is 1.14 bits per heavy atom. The molecule has 0 radical (unpaired) electrons. The average Bonchev–Trinajstić information content (AvgIpc) is 2.74. The van der Waals surface area contributed by atoms with Gasteiger partial charge in [0, 0.05) is 43.8 Å². The van der Waals surface area contributed by atoms with Gasteiger partial charge in [0.15, 0.2) is 0 Å². The zero-order chi connectivity index (χ0) is 20.9. The Labute approximate surface area is 175 Å². The van der Waals surface area contributed by atoms with Crippen molar-refractivity contribution in [2.24, 2.45) is 5.92 Å². The highest BCUT2D eigenvalue weighted by molar-refractivity contribution is 7.89. The number of amides is 1. The third-order valence-corrected chi connectivity index (χ3v) is 8.81. The molecular formula is C22H35N3O3S. The van der Waals surface area contributed by atoms with Gasteiger partial charge in [-0.05, 0) is 37.3 Å². The number of carbonyl (C=O) groups is 1. The molecule has 2 fully saturated rings. The first-order valence-corrected chi connectivity index (χ1v) is 12.6. The van der Waals surface area contributed by atoms with Crippen LogP contribution < -0.4 is 5.32 Å². The summed E-state index contributed by atoms with van der Waals surface area (Å²) in [7, 11) is -3.15. The fourth-order valence-electron chi connectivity index (χ4n) is 4.96. The van der Waals surface area contributed by atoms with Crippen molar-refractivity contribution < 1.29 is 13.2 Å². The quantitative estimate of drug-likeness (QED) is 0.735. The molecule has 162 valence electrons. The molecule has 2 unspecified atom stereocenters. The van der Waals surface area contributed by atoms with Crippen molar-refractivity contribution in [3.8, 4) is 0 Å². The molecule has 0 bridgehead atoms. The van der Waals surface area contributed by atoms with E-state index in [9.17, 15) is 13.2 Å². The van der Waals surface area contributed by atoms with E-state index in [1.54, 1.807) is 4.31 Å². The Hall–Kier alpha value is -1.44. The van der Waals surface area contributed by atoms with Crippen LogP contribution in [0.4, 0.5) is 0 Å². The summed E-state index contributed by atoms with van der Waals surface area (Å²) in [6, 6.07) is 9.34. The van der Waals surface area contributed by atoms with E-state index in [2.05, 4.69) is 17.1 Å². The van der Waals surface area contributed by atoms with Gasteiger partial charge in [-0.25, -0.2) is 8.42 Å². The van der Waals surface area contributed by atoms with Gasteiger partial charge in [0.25, 0.3) is 5.91 Å². The fraction of sp³-hybridized carbons (Fsp3) is 0.682. The molecule has 0 spiro atoms. The van der Waals surface area contributed by atoms with Crippen molar-refractivity contribution in [2.45, 2.75) is 51.5 Å². The van der Waals surface area contributed by atoms with Gasteiger partial charge in [0.1, 0.15) is 0 Å². The highest BCUT2D eigenvalue weighted by atomic mass is 32.2. The minimum atomic E-state index is -3.15. The number of hydrogen-bond donors (Lipinski definition) is 1. The number of sulfonamides is 1. The number of carbonyl (C=O) groups excluding carboxylic acids is 1. The maximum atomic E-state index is 12.7. The van der Waals surface area contributed by atoms with E-state index in [1.807, 2.05) is 37.3 Å². The summed E-state index contributed by atoms with van der Waals surface area (Å²) in [5.41, 5.74) is 0.588. The summed E-state index contributed by atoms with van der Waals surface area (Å²) < 4.78 is 26.5. The van der Waals surface area contributed by atoms with Crippen LogP contribution in [0.2, 0.25) is 0 Å². The van der Waals surface area contributed by atoms with Gasteiger partial charge in [0.2, 0.25) is 10.0 Å². The van der Waals surface area contributed by atoms with Crippen LogP contribution in [0.3, 0.4) is 0 Å². The molecule has 0 aromatic heterocycles. The predicted octanol–water partition coefficient (Wildman–Crippen LogP) is 2.72. The van der Waals surface area contributed by atoms with Crippen LogP contribution in [-0.2, 0) is 10.0 Å². The summed E-state index contributed by atoms with van der Waals surface area (Å²) in [6.07, 6.45) is 5.22. The normalized spacial score (nSPS) is 26.9. The van der Waals surface area contributed by atoms with E-state index in [0.29, 0.717) is 37.5 Å². The molecule has 6 nitrogen and oxygen atoms in total. The predicted molar refractivity (Wildman–Crippen MR) is 116 cm³/mol. The maximum Gasteiger partial charge on any atom is 0.251 e. The number of hydrogen-bond acceptors (Lipinski definition) is 4. The van der Waals surface area contributed by atoms with Gasteiger partial charge >= 0.3 is 0 Å². The highest BCUT2D eigenvalue weighted by Crippen LogP contribution is 2.39. The van der Waals surface area contributed by atoms with Crippen LogP contribution >= 0.6 is 0 Å². The minimum absolute atomic E-state index is 0.0353. The van der Waals surface area contributed by atoms with Gasteiger partial charge in [0.05, 0.1) is 5.75 Å². The largest absolute Gasteiger partial charge is 0.350 e. The molecule has 2 atom stereocenters. The summed E-state index contributed by atoms with van der Waals surface area (Å²) >= 11 is 0. The van der Waals surface area contributed by atoms with Gasteiger partial charge < -0.3 is 5.32 Å². The first kappa shape index (κ1) is 22.2. The van der Waals surface area contributed by atoms with Crippen LogP contribution in [0, 0.1) is 5.92 Å². The summed E-state index contributed by atoms with van der Waals surface area (Å²) in [6.45, 7) is 7.36.